The van der Waals surface area contributed by atoms with Gasteiger partial charge in [-0.15, -0.1) is 0 Å². The molecule has 22 heavy (non-hydrogen) atoms. The molecule has 0 aromatic carbocycles. The molecule has 0 aliphatic rings. The predicted molar refractivity (Wildman–Crippen MR) is 109 cm³/mol. The van der Waals surface area contributed by atoms with Crippen LogP contribution < -0.4 is 2.89 Å². The van der Waals surface area contributed by atoms with Crippen molar-refractivity contribution >= 4 is 53.3 Å². The summed E-state index contributed by atoms with van der Waals surface area (Å²) in [6.45, 7) is 9.35. The van der Waals surface area contributed by atoms with E-state index in [4.69, 9.17) is 0 Å². The van der Waals surface area contributed by atoms with Crippen molar-refractivity contribution in [3.63, 3.8) is 0 Å². The number of rotatable bonds is 10. The van der Waals surface area contributed by atoms with Gasteiger partial charge in [-0.25, -0.2) is 0 Å². The molecule has 0 aliphatic heterocycles. The van der Waals surface area contributed by atoms with Gasteiger partial charge in [0.05, 0.1) is 0 Å². The molecule has 0 saturated carbocycles. The van der Waals surface area contributed by atoms with Crippen LogP contribution in [0.25, 0.3) is 9.40 Å². The van der Waals surface area contributed by atoms with Gasteiger partial charge >= 0.3 is 150 Å². The van der Waals surface area contributed by atoms with Crippen molar-refractivity contribution in [2.24, 2.45) is 0 Å². The van der Waals surface area contributed by atoms with E-state index in [-0.39, 0.29) is 0 Å². The molecule has 2 rings (SSSR count). The summed E-state index contributed by atoms with van der Waals surface area (Å²) in [6, 6.07) is 5.05. The zero-order chi connectivity index (χ0) is 16.0. The van der Waals surface area contributed by atoms with Gasteiger partial charge in [0.15, 0.2) is 0 Å². The van der Waals surface area contributed by atoms with Crippen molar-refractivity contribution in [3.8, 4) is 0 Å². The SMILES string of the molecule is CCC[CH2][Sn]([CH2]CCC)([CH2]CCC)[c]1cc2sc(C)cc2s1. The van der Waals surface area contributed by atoms with Crippen LogP contribution in [0.1, 0.15) is 64.2 Å². The molecule has 2 aromatic heterocycles. The number of thiophene rings is 2. The maximum absolute atomic E-state index is 2.63. The Morgan fingerprint density at radius 1 is 0.773 bits per heavy atom. The van der Waals surface area contributed by atoms with E-state index in [1.165, 1.54) is 43.4 Å². The molecule has 0 unspecified atom stereocenters. The Balaban J connectivity index is 2.34. The number of aryl methyl sites for hydroxylation is 1. The zero-order valence-corrected chi connectivity index (χ0v) is 19.3. The van der Waals surface area contributed by atoms with Gasteiger partial charge in [-0.05, 0) is 0 Å². The fraction of sp³-hybridized carbons (Fsp3) is 0.684. The molecule has 0 bridgehead atoms. The van der Waals surface area contributed by atoms with Crippen LogP contribution in [0.3, 0.4) is 0 Å². The topological polar surface area (TPSA) is 0 Å². The summed E-state index contributed by atoms with van der Waals surface area (Å²) in [5.74, 6) is 0. The van der Waals surface area contributed by atoms with E-state index >= 15 is 0 Å². The quantitative estimate of drug-likeness (QED) is 0.338. The first-order chi connectivity index (χ1) is 10.6. The third-order valence-corrected chi connectivity index (χ3v) is 25.3. The van der Waals surface area contributed by atoms with E-state index in [0.29, 0.717) is 0 Å². The zero-order valence-electron chi connectivity index (χ0n) is 14.8. The minimum absolute atomic E-state index is 1.37. The molecule has 2 heterocycles. The Morgan fingerprint density at radius 2 is 1.27 bits per heavy atom. The Morgan fingerprint density at radius 3 is 1.73 bits per heavy atom. The maximum atomic E-state index is 2.63. The predicted octanol–water partition coefficient (Wildman–Crippen LogP) is 7.33. The molecule has 0 radical (unpaired) electrons. The van der Waals surface area contributed by atoms with Crippen LogP contribution in [0.5, 0.6) is 0 Å². The van der Waals surface area contributed by atoms with Crippen molar-refractivity contribution in [2.45, 2.75) is 79.5 Å². The van der Waals surface area contributed by atoms with Crippen LogP contribution in [0.15, 0.2) is 12.1 Å². The number of hydrogen-bond acceptors (Lipinski definition) is 2. The fourth-order valence-electron chi connectivity index (χ4n) is 3.51. The molecule has 0 saturated heterocycles. The van der Waals surface area contributed by atoms with Gasteiger partial charge in [-0.1, -0.05) is 0 Å². The number of unbranched alkanes of at least 4 members (excludes halogenated alkanes) is 3. The van der Waals surface area contributed by atoms with Crippen LogP contribution in [-0.2, 0) is 0 Å². The molecule has 0 nitrogen and oxygen atoms in total. The van der Waals surface area contributed by atoms with Gasteiger partial charge in [0.1, 0.15) is 0 Å². The van der Waals surface area contributed by atoms with Crippen LogP contribution in [0.4, 0.5) is 0 Å². The van der Waals surface area contributed by atoms with Crippen molar-refractivity contribution in [1.82, 2.24) is 0 Å². The Hall–Kier alpha value is 0.459. The van der Waals surface area contributed by atoms with Crippen molar-refractivity contribution in [2.75, 3.05) is 0 Å². The number of hydrogen-bond donors (Lipinski definition) is 0. The van der Waals surface area contributed by atoms with Gasteiger partial charge in [-0.2, -0.15) is 0 Å². The van der Waals surface area contributed by atoms with Gasteiger partial charge in [-0.3, -0.25) is 0 Å². The molecule has 0 N–H and O–H groups in total. The van der Waals surface area contributed by atoms with Gasteiger partial charge in [0, 0.05) is 0 Å². The summed E-state index contributed by atoms with van der Waals surface area (Å²) in [4.78, 5) is 1.48. The molecule has 0 aliphatic carbocycles. The molecule has 124 valence electrons. The molecule has 3 heteroatoms. The second kappa shape index (κ2) is 9.08. The van der Waals surface area contributed by atoms with Crippen LogP contribution in [0.2, 0.25) is 13.3 Å². The van der Waals surface area contributed by atoms with E-state index in [0.717, 1.165) is 0 Å². The molecule has 0 atom stereocenters. The van der Waals surface area contributed by atoms with E-state index in [1.807, 2.05) is 14.2 Å². The van der Waals surface area contributed by atoms with Gasteiger partial charge in [0.2, 0.25) is 0 Å². The molecule has 0 spiro atoms. The number of fused-ring (bicyclic) bond motifs is 1. The van der Waals surface area contributed by atoms with Crippen molar-refractivity contribution in [1.29, 1.82) is 0 Å². The van der Waals surface area contributed by atoms with E-state index in [9.17, 15) is 0 Å². The molecule has 2 aromatic rings. The third kappa shape index (κ3) is 4.51. The summed E-state index contributed by atoms with van der Waals surface area (Å²) < 4.78 is 9.82. The first-order valence-electron chi connectivity index (χ1n) is 9.15. The second-order valence-electron chi connectivity index (χ2n) is 6.79. The summed E-state index contributed by atoms with van der Waals surface area (Å²) in [7, 11) is 0. The Kier molecular flexibility index (Phi) is 7.75. The first-order valence-corrected chi connectivity index (χ1v) is 18.3. The standard InChI is InChI=1S/C7H5S2.3C4H9.Sn/c1-5-4-7-6(9-5)2-3-8-7;3*1-3-4-2;/h2,4H,1H3;3*1,3-4H2,2H3;. The summed E-state index contributed by atoms with van der Waals surface area (Å²) in [5.41, 5.74) is 0. The first kappa shape index (κ1) is 18.8. The van der Waals surface area contributed by atoms with Gasteiger partial charge < -0.3 is 0 Å². The summed E-state index contributed by atoms with van der Waals surface area (Å²) >= 11 is 2.02. The van der Waals surface area contributed by atoms with Crippen molar-refractivity contribution < 1.29 is 0 Å². The minimum atomic E-state index is -2.16. The summed E-state index contributed by atoms with van der Waals surface area (Å²) in [6.07, 6.45) is 8.51. The van der Waals surface area contributed by atoms with E-state index in [1.54, 1.807) is 22.7 Å². The molecule has 0 amide bonds. The molecular weight excluding hydrogens is 411 g/mol. The summed E-state index contributed by atoms with van der Waals surface area (Å²) in [5, 5.41) is 0. The van der Waals surface area contributed by atoms with Crippen LogP contribution in [0, 0.1) is 6.92 Å². The van der Waals surface area contributed by atoms with E-state index in [2.05, 4.69) is 51.2 Å². The second-order valence-corrected chi connectivity index (χ2v) is 23.3. The molecule has 0 fully saturated rings. The van der Waals surface area contributed by atoms with Crippen LogP contribution in [-0.4, -0.2) is 18.4 Å². The Bertz CT molecular complexity index is 514. The monoisotopic (exact) mass is 444 g/mol. The average molecular weight is 443 g/mol. The molecular formula is C19H32S2Sn. The fourth-order valence-corrected chi connectivity index (χ4v) is 25.3. The average Bonchev–Trinajstić information content (AvgIpc) is 3.04. The normalized spacial score (nSPS) is 12.4. The van der Waals surface area contributed by atoms with Gasteiger partial charge in [0.25, 0.3) is 0 Å². The van der Waals surface area contributed by atoms with Crippen LogP contribution >= 0.6 is 22.7 Å². The third-order valence-electron chi connectivity index (χ3n) is 4.88. The van der Waals surface area contributed by atoms with E-state index < -0.39 is 18.4 Å². The van der Waals surface area contributed by atoms with Crippen molar-refractivity contribution in [3.05, 3.63) is 17.0 Å². The Labute approximate surface area is 149 Å².